The van der Waals surface area contributed by atoms with Gasteiger partial charge in [-0.15, -0.1) is 0 Å². The Balaban J connectivity index is 1.49. The Kier molecular flexibility index (Phi) is 3.95. The Bertz CT molecular complexity index is 991. The monoisotopic (exact) mass is 348 g/mol. The topological polar surface area (TPSA) is 78.1 Å². The second-order valence-corrected chi connectivity index (χ2v) is 6.85. The molecule has 2 heterocycles. The van der Waals surface area contributed by atoms with Gasteiger partial charge < -0.3 is 15.2 Å². The number of anilines is 1. The minimum atomic E-state index is -0.286. The number of benzene rings is 2. The van der Waals surface area contributed by atoms with Gasteiger partial charge in [0.1, 0.15) is 5.82 Å². The third-order valence-electron chi connectivity index (χ3n) is 4.78. The number of aryl methyl sites for hydroxylation is 1. The molecule has 3 aromatic rings. The molecule has 0 spiro atoms. The summed E-state index contributed by atoms with van der Waals surface area (Å²) in [7, 11) is 1.72. The number of rotatable bonds is 3. The van der Waals surface area contributed by atoms with Gasteiger partial charge in [-0.3, -0.25) is 9.59 Å². The molecule has 0 aliphatic carbocycles. The summed E-state index contributed by atoms with van der Waals surface area (Å²) in [4.78, 5) is 33.4. The first kappa shape index (κ1) is 16.3. The number of hydrogen-bond acceptors (Lipinski definition) is 3. The van der Waals surface area contributed by atoms with Crippen molar-refractivity contribution in [2.75, 3.05) is 18.9 Å². The lowest BCUT2D eigenvalue weighted by Gasteiger charge is -2.11. The van der Waals surface area contributed by atoms with Crippen molar-refractivity contribution >= 4 is 28.5 Å². The number of hydrogen-bond donors (Lipinski definition) is 2. The number of H-pyrrole nitrogens is 1. The van der Waals surface area contributed by atoms with Gasteiger partial charge in [0.05, 0.1) is 17.0 Å². The molecule has 0 bridgehead atoms. The number of amides is 2. The number of likely N-dealkylation sites (tertiary alicyclic amines) is 1. The fourth-order valence-corrected chi connectivity index (χ4v) is 3.26. The van der Waals surface area contributed by atoms with Crippen LogP contribution in [0.2, 0.25) is 0 Å². The standard InChI is InChI=1S/C20H20N4O2/c1-12-3-8-16-17(9-12)23-19(22-16)13-4-6-15(7-5-13)21-20(26)14-10-18(25)24(2)11-14/h3-9,14H,10-11H2,1-2H3,(H,21,26)(H,22,23). The summed E-state index contributed by atoms with van der Waals surface area (Å²) >= 11 is 0. The van der Waals surface area contributed by atoms with Crippen LogP contribution in [-0.2, 0) is 9.59 Å². The van der Waals surface area contributed by atoms with E-state index in [2.05, 4.69) is 21.4 Å². The molecule has 1 aromatic heterocycles. The molecule has 0 saturated carbocycles. The van der Waals surface area contributed by atoms with Gasteiger partial charge in [-0.25, -0.2) is 4.98 Å². The highest BCUT2D eigenvalue weighted by Crippen LogP contribution is 2.24. The van der Waals surface area contributed by atoms with Crippen molar-refractivity contribution < 1.29 is 9.59 Å². The summed E-state index contributed by atoms with van der Waals surface area (Å²) in [6.45, 7) is 2.52. The lowest BCUT2D eigenvalue weighted by atomic mass is 10.1. The van der Waals surface area contributed by atoms with Crippen molar-refractivity contribution in [1.82, 2.24) is 14.9 Å². The highest BCUT2D eigenvalue weighted by atomic mass is 16.2. The lowest BCUT2D eigenvalue weighted by Crippen LogP contribution is -2.25. The summed E-state index contributed by atoms with van der Waals surface area (Å²) < 4.78 is 0. The largest absolute Gasteiger partial charge is 0.345 e. The molecule has 1 fully saturated rings. The minimum Gasteiger partial charge on any atom is -0.345 e. The molecule has 0 radical (unpaired) electrons. The van der Waals surface area contributed by atoms with E-state index < -0.39 is 0 Å². The van der Waals surface area contributed by atoms with Gasteiger partial charge in [0.15, 0.2) is 0 Å². The number of aromatic amines is 1. The van der Waals surface area contributed by atoms with Gasteiger partial charge in [0, 0.05) is 31.3 Å². The molecule has 26 heavy (non-hydrogen) atoms. The lowest BCUT2D eigenvalue weighted by molar-refractivity contribution is -0.127. The number of imidazole rings is 1. The second-order valence-electron chi connectivity index (χ2n) is 6.85. The van der Waals surface area contributed by atoms with Crippen LogP contribution in [0.4, 0.5) is 5.69 Å². The first-order chi connectivity index (χ1) is 12.5. The van der Waals surface area contributed by atoms with E-state index in [-0.39, 0.29) is 24.2 Å². The Morgan fingerprint density at radius 1 is 1.23 bits per heavy atom. The van der Waals surface area contributed by atoms with Crippen LogP contribution in [0.15, 0.2) is 42.5 Å². The number of nitrogens with one attached hydrogen (secondary N) is 2. The van der Waals surface area contributed by atoms with Crippen LogP contribution in [0.5, 0.6) is 0 Å². The van der Waals surface area contributed by atoms with Crippen LogP contribution >= 0.6 is 0 Å². The average molecular weight is 348 g/mol. The van der Waals surface area contributed by atoms with Crippen molar-refractivity contribution in [1.29, 1.82) is 0 Å². The van der Waals surface area contributed by atoms with Crippen molar-refractivity contribution in [2.24, 2.45) is 5.92 Å². The first-order valence-corrected chi connectivity index (χ1v) is 8.61. The Morgan fingerprint density at radius 2 is 2.00 bits per heavy atom. The molecular weight excluding hydrogens is 328 g/mol. The van der Waals surface area contributed by atoms with E-state index in [0.717, 1.165) is 22.4 Å². The summed E-state index contributed by atoms with van der Waals surface area (Å²) in [5.74, 6) is 0.410. The Labute approximate surface area is 151 Å². The maximum absolute atomic E-state index is 12.3. The molecule has 1 unspecified atom stereocenters. The zero-order chi connectivity index (χ0) is 18.3. The van der Waals surface area contributed by atoms with Crippen LogP contribution in [0.25, 0.3) is 22.4 Å². The molecule has 2 N–H and O–H groups in total. The van der Waals surface area contributed by atoms with Crippen molar-refractivity contribution in [2.45, 2.75) is 13.3 Å². The summed E-state index contributed by atoms with van der Waals surface area (Å²) in [6, 6.07) is 13.7. The Hall–Kier alpha value is -3.15. The zero-order valence-corrected chi connectivity index (χ0v) is 14.7. The van der Waals surface area contributed by atoms with E-state index in [1.807, 2.05) is 43.3 Å². The van der Waals surface area contributed by atoms with Crippen molar-refractivity contribution in [3.05, 3.63) is 48.0 Å². The molecule has 132 valence electrons. The summed E-state index contributed by atoms with van der Waals surface area (Å²) in [5, 5.41) is 2.89. The van der Waals surface area contributed by atoms with Crippen LogP contribution in [0.3, 0.4) is 0 Å². The predicted octanol–water partition coefficient (Wildman–Crippen LogP) is 2.96. The van der Waals surface area contributed by atoms with Gasteiger partial charge in [-0.2, -0.15) is 0 Å². The molecule has 2 aromatic carbocycles. The molecule has 6 nitrogen and oxygen atoms in total. The highest BCUT2D eigenvalue weighted by Gasteiger charge is 2.32. The molecular formula is C20H20N4O2. The smallest absolute Gasteiger partial charge is 0.229 e. The average Bonchev–Trinajstić information content (AvgIpc) is 3.19. The summed E-state index contributed by atoms with van der Waals surface area (Å²) in [5.41, 5.74) is 4.78. The van der Waals surface area contributed by atoms with E-state index in [4.69, 9.17) is 0 Å². The van der Waals surface area contributed by atoms with Gasteiger partial charge in [-0.1, -0.05) is 6.07 Å². The number of nitrogens with zero attached hydrogens (tertiary/aromatic N) is 2. The second kappa shape index (κ2) is 6.29. The quantitative estimate of drug-likeness (QED) is 0.764. The van der Waals surface area contributed by atoms with Crippen LogP contribution < -0.4 is 5.32 Å². The van der Waals surface area contributed by atoms with Crippen molar-refractivity contribution in [3.63, 3.8) is 0 Å². The van der Waals surface area contributed by atoms with E-state index in [1.54, 1.807) is 11.9 Å². The fraction of sp³-hybridized carbons (Fsp3) is 0.250. The molecule has 2 amide bonds. The first-order valence-electron chi connectivity index (χ1n) is 8.61. The molecule has 4 rings (SSSR count). The number of aromatic nitrogens is 2. The van der Waals surface area contributed by atoms with Gasteiger partial charge >= 0.3 is 0 Å². The third-order valence-corrected chi connectivity index (χ3v) is 4.78. The molecule has 1 atom stereocenters. The van der Waals surface area contributed by atoms with Gasteiger partial charge in [0.2, 0.25) is 11.8 Å². The number of carbonyl (C=O) groups is 2. The van der Waals surface area contributed by atoms with Crippen LogP contribution in [-0.4, -0.2) is 40.3 Å². The molecule has 1 aliphatic rings. The number of fused-ring (bicyclic) bond motifs is 1. The highest BCUT2D eigenvalue weighted by molar-refractivity contribution is 5.97. The van der Waals surface area contributed by atoms with Gasteiger partial charge in [-0.05, 0) is 48.9 Å². The Morgan fingerprint density at radius 3 is 2.69 bits per heavy atom. The summed E-state index contributed by atoms with van der Waals surface area (Å²) in [6.07, 6.45) is 0.277. The zero-order valence-electron chi connectivity index (χ0n) is 14.7. The van der Waals surface area contributed by atoms with Crippen LogP contribution in [0.1, 0.15) is 12.0 Å². The van der Waals surface area contributed by atoms with E-state index in [1.165, 1.54) is 5.56 Å². The maximum Gasteiger partial charge on any atom is 0.229 e. The van der Waals surface area contributed by atoms with E-state index in [0.29, 0.717) is 12.2 Å². The SMILES string of the molecule is Cc1ccc2nc(-c3ccc(NC(=O)C4CC(=O)N(C)C4)cc3)[nH]c2c1. The third kappa shape index (κ3) is 3.06. The minimum absolute atomic E-state index is 0.0145. The van der Waals surface area contributed by atoms with E-state index >= 15 is 0 Å². The number of carbonyl (C=O) groups excluding carboxylic acids is 2. The van der Waals surface area contributed by atoms with Gasteiger partial charge in [0.25, 0.3) is 0 Å². The normalized spacial score (nSPS) is 17.1. The maximum atomic E-state index is 12.3. The predicted molar refractivity (Wildman–Crippen MR) is 101 cm³/mol. The van der Waals surface area contributed by atoms with Crippen LogP contribution in [0, 0.1) is 12.8 Å². The fourth-order valence-electron chi connectivity index (χ4n) is 3.26. The van der Waals surface area contributed by atoms with E-state index in [9.17, 15) is 9.59 Å². The molecule has 6 heteroatoms. The molecule has 1 aliphatic heterocycles. The van der Waals surface area contributed by atoms with Crippen molar-refractivity contribution in [3.8, 4) is 11.4 Å². The molecule has 1 saturated heterocycles.